The van der Waals surface area contributed by atoms with Crippen LogP contribution in [0, 0.1) is 5.41 Å². The number of hydrogen-bond acceptors (Lipinski definition) is 3. The van der Waals surface area contributed by atoms with Gasteiger partial charge in [-0.25, -0.2) is 0 Å². The molecule has 0 radical (unpaired) electrons. The summed E-state index contributed by atoms with van der Waals surface area (Å²) in [5.41, 5.74) is -1.46. The number of carbonyl (C=O) groups is 2. The molecule has 0 spiro atoms. The number of unbranched alkanes of at least 4 members (excludes halogenated alkanes) is 2. The molecule has 0 aromatic rings. The van der Waals surface area contributed by atoms with E-state index in [0.29, 0.717) is 13.0 Å². The van der Waals surface area contributed by atoms with Crippen LogP contribution < -0.4 is 0 Å². The van der Waals surface area contributed by atoms with Gasteiger partial charge in [-0.3, -0.25) is 9.59 Å². The van der Waals surface area contributed by atoms with Gasteiger partial charge in [0.2, 0.25) is 0 Å². The van der Waals surface area contributed by atoms with Crippen molar-refractivity contribution in [3.8, 4) is 0 Å². The van der Waals surface area contributed by atoms with Crippen molar-refractivity contribution < 1.29 is 19.4 Å². The van der Waals surface area contributed by atoms with E-state index < -0.39 is 17.4 Å². The van der Waals surface area contributed by atoms with Gasteiger partial charge in [0.15, 0.2) is 5.41 Å². The van der Waals surface area contributed by atoms with E-state index in [4.69, 9.17) is 4.74 Å². The summed E-state index contributed by atoms with van der Waals surface area (Å²) in [4.78, 5) is 23.4. The quantitative estimate of drug-likeness (QED) is 0.282. The molecule has 1 unspecified atom stereocenters. The highest BCUT2D eigenvalue weighted by atomic mass is 16.5. The fraction of sp³-hybridized carbons (Fsp3) is 0.714. The van der Waals surface area contributed by atoms with Crippen LogP contribution in [0.1, 0.15) is 52.4 Å². The van der Waals surface area contributed by atoms with E-state index in [1.807, 2.05) is 6.92 Å². The molecule has 0 bridgehead atoms. The zero-order valence-corrected chi connectivity index (χ0v) is 11.4. The van der Waals surface area contributed by atoms with Crippen molar-refractivity contribution in [2.45, 2.75) is 52.4 Å². The maximum Gasteiger partial charge on any atom is 0.323 e. The molecule has 0 aliphatic carbocycles. The lowest BCUT2D eigenvalue weighted by Crippen LogP contribution is -2.40. The smallest absolute Gasteiger partial charge is 0.323 e. The van der Waals surface area contributed by atoms with Gasteiger partial charge in [-0.05, 0) is 19.3 Å². The van der Waals surface area contributed by atoms with E-state index in [-0.39, 0.29) is 12.8 Å². The van der Waals surface area contributed by atoms with Crippen LogP contribution in [0.4, 0.5) is 0 Å². The molecule has 0 aromatic heterocycles. The van der Waals surface area contributed by atoms with Gasteiger partial charge in [-0.15, -0.1) is 6.58 Å². The fourth-order valence-corrected chi connectivity index (χ4v) is 1.90. The summed E-state index contributed by atoms with van der Waals surface area (Å²) < 4.78 is 5.11. The first kappa shape index (κ1) is 16.7. The van der Waals surface area contributed by atoms with E-state index >= 15 is 0 Å². The Kier molecular flexibility index (Phi) is 8.08. The third-order valence-corrected chi connectivity index (χ3v) is 2.95. The summed E-state index contributed by atoms with van der Waals surface area (Å²) in [6.45, 7) is 7.73. The molecule has 0 aliphatic heterocycles. The maximum atomic E-state index is 12.0. The van der Waals surface area contributed by atoms with Crippen LogP contribution in [0.2, 0.25) is 0 Å². The van der Waals surface area contributed by atoms with E-state index in [1.54, 1.807) is 0 Å². The van der Waals surface area contributed by atoms with Crippen LogP contribution in [0.3, 0.4) is 0 Å². The Labute approximate surface area is 109 Å². The van der Waals surface area contributed by atoms with E-state index in [0.717, 1.165) is 19.3 Å². The van der Waals surface area contributed by atoms with Crippen LogP contribution in [-0.2, 0) is 14.3 Å². The van der Waals surface area contributed by atoms with Gasteiger partial charge >= 0.3 is 11.9 Å². The summed E-state index contributed by atoms with van der Waals surface area (Å²) in [5.74, 6) is -1.75. The standard InChI is InChI=1S/C14H24O4/c1-4-7-8-11-18-13(17)14(9-5-2,10-6-3)12(15)16/h5H,2,4,6-11H2,1,3H3,(H,15,16). The van der Waals surface area contributed by atoms with Gasteiger partial charge < -0.3 is 9.84 Å². The molecule has 0 saturated heterocycles. The lowest BCUT2D eigenvalue weighted by atomic mass is 9.80. The van der Waals surface area contributed by atoms with Crippen molar-refractivity contribution in [2.24, 2.45) is 5.41 Å². The molecule has 0 saturated carbocycles. The minimum absolute atomic E-state index is 0.114. The highest BCUT2D eigenvalue weighted by molar-refractivity contribution is 5.99. The van der Waals surface area contributed by atoms with Crippen LogP contribution in [0.15, 0.2) is 12.7 Å². The molecular formula is C14H24O4. The van der Waals surface area contributed by atoms with Crippen molar-refractivity contribution in [3.63, 3.8) is 0 Å². The van der Waals surface area contributed by atoms with Crippen molar-refractivity contribution in [1.29, 1.82) is 0 Å². The molecular weight excluding hydrogens is 232 g/mol. The number of rotatable bonds is 10. The van der Waals surface area contributed by atoms with Crippen molar-refractivity contribution >= 4 is 11.9 Å². The zero-order chi connectivity index (χ0) is 14.0. The minimum atomic E-state index is -1.46. The fourth-order valence-electron chi connectivity index (χ4n) is 1.90. The second-order valence-corrected chi connectivity index (χ2v) is 4.47. The molecule has 0 heterocycles. The number of carboxylic acid groups (broad SMARTS) is 1. The molecule has 0 amide bonds. The summed E-state index contributed by atoms with van der Waals surface area (Å²) in [6, 6.07) is 0. The number of aliphatic carboxylic acids is 1. The Bertz CT molecular complexity index is 286. The normalized spacial score (nSPS) is 13.7. The number of carboxylic acids is 1. The van der Waals surface area contributed by atoms with Gasteiger partial charge in [-0.1, -0.05) is 39.2 Å². The zero-order valence-electron chi connectivity index (χ0n) is 11.4. The number of hydrogen-bond donors (Lipinski definition) is 1. The van der Waals surface area contributed by atoms with Gasteiger partial charge in [0.1, 0.15) is 0 Å². The molecule has 1 atom stereocenters. The molecule has 0 aromatic carbocycles. The summed E-state index contributed by atoms with van der Waals surface area (Å²) in [5, 5.41) is 9.31. The van der Waals surface area contributed by atoms with Gasteiger partial charge in [0, 0.05) is 0 Å². The van der Waals surface area contributed by atoms with E-state index in [1.165, 1.54) is 6.08 Å². The lowest BCUT2D eigenvalue weighted by molar-refractivity contribution is -0.169. The van der Waals surface area contributed by atoms with Crippen LogP contribution in [-0.4, -0.2) is 23.7 Å². The predicted molar refractivity (Wildman–Crippen MR) is 70.3 cm³/mol. The van der Waals surface area contributed by atoms with E-state index in [2.05, 4.69) is 13.5 Å². The first-order chi connectivity index (χ1) is 8.55. The Balaban J connectivity index is 4.66. The van der Waals surface area contributed by atoms with Crippen molar-refractivity contribution in [1.82, 2.24) is 0 Å². The number of esters is 1. The molecule has 0 rings (SSSR count). The summed E-state index contributed by atoms with van der Waals surface area (Å²) in [7, 11) is 0. The second kappa shape index (κ2) is 8.72. The van der Waals surface area contributed by atoms with E-state index in [9.17, 15) is 14.7 Å². The molecule has 1 N–H and O–H groups in total. The Hall–Kier alpha value is -1.32. The SMILES string of the molecule is C=CCC(CCC)(C(=O)O)C(=O)OCCCCC. The maximum absolute atomic E-state index is 12.0. The van der Waals surface area contributed by atoms with Crippen LogP contribution >= 0.6 is 0 Å². The van der Waals surface area contributed by atoms with Gasteiger partial charge in [0.25, 0.3) is 0 Å². The van der Waals surface area contributed by atoms with Gasteiger partial charge in [0.05, 0.1) is 6.61 Å². The molecule has 4 nitrogen and oxygen atoms in total. The average Bonchev–Trinajstić information content (AvgIpc) is 2.33. The molecule has 0 aliphatic rings. The third-order valence-electron chi connectivity index (χ3n) is 2.95. The Morgan fingerprint density at radius 2 is 1.94 bits per heavy atom. The highest BCUT2D eigenvalue weighted by Crippen LogP contribution is 2.31. The molecule has 0 fully saturated rings. The largest absolute Gasteiger partial charge is 0.480 e. The Morgan fingerprint density at radius 1 is 1.28 bits per heavy atom. The minimum Gasteiger partial charge on any atom is -0.480 e. The van der Waals surface area contributed by atoms with Crippen molar-refractivity contribution in [2.75, 3.05) is 6.61 Å². The average molecular weight is 256 g/mol. The van der Waals surface area contributed by atoms with Crippen molar-refractivity contribution in [3.05, 3.63) is 12.7 Å². The highest BCUT2D eigenvalue weighted by Gasteiger charge is 2.45. The summed E-state index contributed by atoms with van der Waals surface area (Å²) in [6.07, 6.45) is 5.26. The topological polar surface area (TPSA) is 63.6 Å². The first-order valence-corrected chi connectivity index (χ1v) is 6.56. The molecule has 104 valence electrons. The molecule has 4 heteroatoms. The van der Waals surface area contributed by atoms with Gasteiger partial charge in [-0.2, -0.15) is 0 Å². The second-order valence-electron chi connectivity index (χ2n) is 4.47. The lowest BCUT2D eigenvalue weighted by Gasteiger charge is -2.25. The van der Waals surface area contributed by atoms with Crippen LogP contribution in [0.5, 0.6) is 0 Å². The third kappa shape index (κ3) is 4.51. The Morgan fingerprint density at radius 3 is 2.39 bits per heavy atom. The number of ether oxygens (including phenoxy) is 1. The monoisotopic (exact) mass is 256 g/mol. The first-order valence-electron chi connectivity index (χ1n) is 6.56. The predicted octanol–water partition coefficient (Wildman–Crippen LogP) is 3.17. The number of carbonyl (C=O) groups excluding carboxylic acids is 1. The van der Waals surface area contributed by atoms with Crippen LogP contribution in [0.25, 0.3) is 0 Å². The molecule has 18 heavy (non-hydrogen) atoms. The summed E-state index contributed by atoms with van der Waals surface area (Å²) >= 11 is 0. The number of allylic oxidation sites excluding steroid dienone is 1.